The predicted molar refractivity (Wildman–Crippen MR) is 70.5 cm³/mol. The van der Waals surface area contributed by atoms with E-state index in [1.807, 2.05) is 0 Å². The van der Waals surface area contributed by atoms with Crippen LogP contribution in [0.4, 0.5) is 0 Å². The quantitative estimate of drug-likeness (QED) is 0.794. The fraction of sp³-hybridized carbons (Fsp3) is 0.667. The zero-order valence-corrected chi connectivity index (χ0v) is 12.0. The molecule has 0 amide bonds. The Morgan fingerprint density at radius 1 is 1.33 bits per heavy atom. The van der Waals surface area contributed by atoms with Crippen LogP contribution in [-0.2, 0) is 16.6 Å². The lowest BCUT2D eigenvalue weighted by atomic mass is 9.95. The Morgan fingerprint density at radius 2 is 1.94 bits per heavy atom. The minimum atomic E-state index is -3.74. The largest absolute Gasteiger partial charge is 0.447 e. The number of hydrogen-bond donors (Lipinski definition) is 2. The molecule has 3 N–H and O–H groups in total. The van der Waals surface area contributed by atoms with Crippen LogP contribution in [0.3, 0.4) is 0 Å². The second-order valence-electron chi connectivity index (χ2n) is 4.51. The van der Waals surface area contributed by atoms with Crippen molar-refractivity contribution in [1.29, 1.82) is 0 Å². The van der Waals surface area contributed by atoms with Crippen molar-refractivity contribution in [3.05, 3.63) is 17.9 Å². The molecule has 1 unspecified atom stereocenters. The van der Waals surface area contributed by atoms with E-state index in [4.69, 9.17) is 9.56 Å². The van der Waals surface area contributed by atoms with Gasteiger partial charge in [0.1, 0.15) is 5.76 Å². The van der Waals surface area contributed by atoms with Gasteiger partial charge in [-0.05, 0) is 25.0 Å². The van der Waals surface area contributed by atoms with E-state index in [1.54, 1.807) is 6.07 Å². The molecule has 0 aliphatic heterocycles. The van der Waals surface area contributed by atoms with Gasteiger partial charge >= 0.3 is 0 Å². The van der Waals surface area contributed by atoms with Gasteiger partial charge < -0.3 is 9.73 Å². The van der Waals surface area contributed by atoms with E-state index < -0.39 is 10.0 Å². The summed E-state index contributed by atoms with van der Waals surface area (Å²) in [5, 5.41) is 8.13. The van der Waals surface area contributed by atoms with E-state index in [9.17, 15) is 8.42 Å². The Labute approximate surface area is 109 Å². The van der Waals surface area contributed by atoms with Crippen LogP contribution in [0.15, 0.2) is 21.6 Å². The first-order chi connectivity index (χ1) is 8.38. The van der Waals surface area contributed by atoms with E-state index >= 15 is 0 Å². The Bertz CT molecular complexity index is 463. The van der Waals surface area contributed by atoms with Crippen LogP contribution in [0.5, 0.6) is 0 Å². The zero-order valence-electron chi connectivity index (χ0n) is 11.1. The lowest BCUT2D eigenvalue weighted by Crippen LogP contribution is -2.32. The lowest BCUT2D eigenvalue weighted by Gasteiger charge is -2.21. The van der Waals surface area contributed by atoms with Crippen molar-refractivity contribution < 1.29 is 12.8 Å². The van der Waals surface area contributed by atoms with Crippen LogP contribution in [0, 0.1) is 5.92 Å². The van der Waals surface area contributed by atoms with E-state index in [-0.39, 0.29) is 5.09 Å². The smallest absolute Gasteiger partial charge is 0.271 e. The van der Waals surface area contributed by atoms with Crippen molar-refractivity contribution in [1.82, 2.24) is 5.32 Å². The number of nitrogens with one attached hydrogen (secondary N) is 1. The van der Waals surface area contributed by atoms with Gasteiger partial charge in [-0.15, -0.1) is 0 Å². The number of hydrogen-bond acceptors (Lipinski definition) is 4. The van der Waals surface area contributed by atoms with Gasteiger partial charge in [0.15, 0.2) is 0 Å². The highest BCUT2D eigenvalue weighted by Gasteiger charge is 2.15. The maximum absolute atomic E-state index is 11.0. The highest BCUT2D eigenvalue weighted by Crippen LogP contribution is 2.15. The standard InChI is InChI=1S/C12H22N2O3S/c1-4-10(5-2)9(3)14-8-11-6-7-12(17-11)18(13,15)16/h6-7,9-10,14H,4-5,8H2,1-3H3,(H2,13,15,16). The third-order valence-corrected chi connectivity index (χ3v) is 4.05. The van der Waals surface area contributed by atoms with Crippen LogP contribution in [0.25, 0.3) is 0 Å². The average Bonchev–Trinajstić information content (AvgIpc) is 2.76. The van der Waals surface area contributed by atoms with Gasteiger partial charge in [-0.3, -0.25) is 0 Å². The molecule has 0 aromatic carbocycles. The third-order valence-electron chi connectivity index (χ3n) is 3.27. The summed E-state index contributed by atoms with van der Waals surface area (Å²) in [5.74, 6) is 1.19. The Balaban J connectivity index is 2.57. The molecule has 1 rings (SSSR count). The molecule has 5 nitrogen and oxygen atoms in total. The van der Waals surface area contributed by atoms with Gasteiger partial charge in [0.25, 0.3) is 10.0 Å². The number of sulfonamides is 1. The lowest BCUT2D eigenvalue weighted by molar-refractivity contribution is 0.330. The minimum Gasteiger partial charge on any atom is -0.447 e. The maximum Gasteiger partial charge on any atom is 0.271 e. The highest BCUT2D eigenvalue weighted by molar-refractivity contribution is 7.89. The first-order valence-corrected chi connectivity index (χ1v) is 7.78. The molecule has 0 fully saturated rings. The molecule has 1 heterocycles. The first-order valence-electron chi connectivity index (χ1n) is 6.23. The summed E-state index contributed by atoms with van der Waals surface area (Å²) in [4.78, 5) is 0. The molecular formula is C12H22N2O3S. The fourth-order valence-corrected chi connectivity index (χ4v) is 2.51. The molecule has 0 spiro atoms. The van der Waals surface area contributed by atoms with Crippen molar-refractivity contribution in [2.45, 2.75) is 51.3 Å². The molecule has 18 heavy (non-hydrogen) atoms. The fourth-order valence-electron chi connectivity index (χ4n) is 2.03. The molecule has 0 saturated carbocycles. The summed E-state index contributed by atoms with van der Waals surface area (Å²) >= 11 is 0. The summed E-state index contributed by atoms with van der Waals surface area (Å²) in [6.07, 6.45) is 2.23. The van der Waals surface area contributed by atoms with E-state index in [1.165, 1.54) is 6.07 Å². The summed E-state index contributed by atoms with van der Waals surface area (Å²) in [7, 11) is -3.74. The SMILES string of the molecule is CCC(CC)C(C)NCc1ccc(S(N)(=O)=O)o1. The summed E-state index contributed by atoms with van der Waals surface area (Å²) in [5.41, 5.74) is 0. The molecule has 0 aliphatic carbocycles. The molecule has 0 aliphatic rings. The summed E-state index contributed by atoms with van der Waals surface area (Å²) in [6.45, 7) is 6.96. The Hall–Kier alpha value is -0.850. The molecule has 1 aromatic heterocycles. The van der Waals surface area contributed by atoms with Gasteiger partial charge in [-0.2, -0.15) is 0 Å². The third kappa shape index (κ3) is 4.12. The number of nitrogens with two attached hydrogens (primary N) is 1. The molecule has 104 valence electrons. The van der Waals surface area contributed by atoms with Crippen molar-refractivity contribution in [3.63, 3.8) is 0 Å². The molecule has 0 bridgehead atoms. The topological polar surface area (TPSA) is 85.3 Å². The van der Waals surface area contributed by atoms with Crippen molar-refractivity contribution in [3.8, 4) is 0 Å². The van der Waals surface area contributed by atoms with Gasteiger partial charge in [0, 0.05) is 6.04 Å². The predicted octanol–water partition coefficient (Wildman–Crippen LogP) is 1.84. The first kappa shape index (κ1) is 15.2. The van der Waals surface area contributed by atoms with Crippen molar-refractivity contribution in [2.24, 2.45) is 11.1 Å². The molecule has 1 atom stereocenters. The van der Waals surface area contributed by atoms with E-state index in [2.05, 4.69) is 26.1 Å². The second-order valence-corrected chi connectivity index (χ2v) is 6.00. The van der Waals surface area contributed by atoms with Crippen molar-refractivity contribution >= 4 is 10.0 Å². The Morgan fingerprint density at radius 3 is 2.39 bits per heavy atom. The molecular weight excluding hydrogens is 252 g/mol. The summed E-state index contributed by atoms with van der Waals surface area (Å²) in [6, 6.07) is 3.38. The Kier molecular flexibility index (Phi) is 5.37. The molecule has 6 heteroatoms. The average molecular weight is 274 g/mol. The van der Waals surface area contributed by atoms with Gasteiger partial charge in [0.2, 0.25) is 5.09 Å². The summed E-state index contributed by atoms with van der Waals surface area (Å²) < 4.78 is 27.3. The normalized spacial score (nSPS) is 14.1. The molecule has 0 radical (unpaired) electrons. The van der Waals surface area contributed by atoms with E-state index in [0.29, 0.717) is 24.3 Å². The van der Waals surface area contributed by atoms with Crippen LogP contribution >= 0.6 is 0 Å². The zero-order chi connectivity index (χ0) is 13.8. The molecule has 0 saturated heterocycles. The van der Waals surface area contributed by atoms with Crippen molar-refractivity contribution in [2.75, 3.05) is 0 Å². The van der Waals surface area contributed by atoms with E-state index in [0.717, 1.165) is 12.8 Å². The molecule has 1 aromatic rings. The second kappa shape index (κ2) is 6.36. The van der Waals surface area contributed by atoms with Crippen LogP contribution in [0.1, 0.15) is 39.4 Å². The monoisotopic (exact) mass is 274 g/mol. The highest BCUT2D eigenvalue weighted by atomic mass is 32.2. The number of rotatable bonds is 7. The van der Waals surface area contributed by atoms with Crippen LogP contribution < -0.4 is 10.5 Å². The van der Waals surface area contributed by atoms with Gasteiger partial charge in [-0.25, -0.2) is 13.6 Å². The maximum atomic E-state index is 11.0. The van der Waals surface area contributed by atoms with Gasteiger partial charge in [-0.1, -0.05) is 26.7 Å². The number of primary sulfonamides is 1. The van der Waals surface area contributed by atoms with Gasteiger partial charge in [0.05, 0.1) is 6.54 Å². The van der Waals surface area contributed by atoms with Crippen LogP contribution in [-0.4, -0.2) is 14.5 Å². The minimum absolute atomic E-state index is 0.186. The number of furan rings is 1. The van der Waals surface area contributed by atoms with Crippen LogP contribution in [0.2, 0.25) is 0 Å².